The number of fused-ring (bicyclic) bond motifs is 2. The molecule has 0 saturated heterocycles. The van der Waals surface area contributed by atoms with Crippen LogP contribution in [-0.4, -0.2) is 6.04 Å². The molecule has 1 nitrogen and oxygen atoms in total. The van der Waals surface area contributed by atoms with Gasteiger partial charge in [-0.2, -0.15) is 0 Å². The lowest BCUT2D eigenvalue weighted by molar-refractivity contribution is 0.213. The lowest BCUT2D eigenvalue weighted by Crippen LogP contribution is -2.47. The molecule has 1 unspecified atom stereocenters. The summed E-state index contributed by atoms with van der Waals surface area (Å²) in [5.74, 6) is 0. The van der Waals surface area contributed by atoms with Gasteiger partial charge >= 0.3 is 0 Å². The van der Waals surface area contributed by atoms with Gasteiger partial charge in [0.15, 0.2) is 0 Å². The van der Waals surface area contributed by atoms with E-state index in [4.69, 9.17) is 5.73 Å². The summed E-state index contributed by atoms with van der Waals surface area (Å²) in [5, 5.41) is 0. The predicted molar refractivity (Wildman–Crippen MR) is 61.4 cm³/mol. The first-order valence-electron chi connectivity index (χ1n) is 5.27. The van der Waals surface area contributed by atoms with Gasteiger partial charge in [0.2, 0.25) is 0 Å². The zero-order valence-corrected chi connectivity index (χ0v) is 9.68. The number of benzene rings is 1. The molecule has 74 valence electrons. The first-order valence-corrected chi connectivity index (χ1v) is 6.06. The molecule has 0 heterocycles. The molecule has 2 aliphatic rings. The van der Waals surface area contributed by atoms with Crippen molar-refractivity contribution < 1.29 is 0 Å². The van der Waals surface area contributed by atoms with Crippen molar-refractivity contribution >= 4 is 15.9 Å². The fraction of sp³-hybridized carbons (Fsp3) is 0.500. The van der Waals surface area contributed by atoms with Gasteiger partial charge in [0.05, 0.1) is 0 Å². The van der Waals surface area contributed by atoms with Crippen molar-refractivity contribution in [3.05, 3.63) is 33.8 Å². The predicted octanol–water partition coefficient (Wildman–Crippen LogP) is 2.75. The van der Waals surface area contributed by atoms with E-state index in [1.165, 1.54) is 34.9 Å². The maximum absolute atomic E-state index is 6.26. The lowest BCUT2D eigenvalue weighted by atomic mass is 9.63. The molecule has 2 heteroatoms. The molecule has 14 heavy (non-hydrogen) atoms. The number of halogens is 1. The van der Waals surface area contributed by atoms with Crippen molar-refractivity contribution in [2.75, 3.05) is 0 Å². The largest absolute Gasteiger partial charge is 0.327 e. The van der Waals surface area contributed by atoms with E-state index >= 15 is 0 Å². The molecular weight excluding hydrogens is 238 g/mol. The minimum Gasteiger partial charge on any atom is -0.327 e. The average Bonchev–Trinajstić information content (AvgIpc) is 2.34. The fourth-order valence-electron chi connectivity index (χ4n) is 3.05. The first kappa shape index (κ1) is 8.93. The van der Waals surface area contributed by atoms with Gasteiger partial charge < -0.3 is 5.73 Å². The van der Waals surface area contributed by atoms with E-state index in [2.05, 4.69) is 34.1 Å². The Bertz CT molecular complexity index is 382. The lowest BCUT2D eigenvalue weighted by Gasteiger charge is -2.43. The third-order valence-corrected chi connectivity index (χ3v) is 4.49. The van der Waals surface area contributed by atoms with Crippen molar-refractivity contribution in [3.8, 4) is 0 Å². The summed E-state index contributed by atoms with van der Waals surface area (Å²) in [5.41, 5.74) is 9.61. The quantitative estimate of drug-likeness (QED) is 0.754. The fourth-order valence-corrected chi connectivity index (χ4v) is 3.46. The van der Waals surface area contributed by atoms with Gasteiger partial charge in [-0.1, -0.05) is 28.4 Å². The molecule has 1 fully saturated rings. The zero-order chi connectivity index (χ0) is 9.76. The summed E-state index contributed by atoms with van der Waals surface area (Å²) in [7, 11) is 0. The molecule has 0 aromatic heterocycles. The number of nitrogens with two attached hydrogens (primary N) is 1. The molecule has 1 atom stereocenters. The Morgan fingerprint density at radius 2 is 2.14 bits per heavy atom. The van der Waals surface area contributed by atoms with Gasteiger partial charge in [-0.15, -0.1) is 0 Å². The highest BCUT2D eigenvalue weighted by Gasteiger charge is 2.48. The van der Waals surface area contributed by atoms with E-state index in [1.807, 2.05) is 0 Å². The smallest absolute Gasteiger partial charge is 0.0178 e. The average molecular weight is 252 g/mol. The molecule has 1 saturated carbocycles. The molecular formula is C12H14BrN. The van der Waals surface area contributed by atoms with Crippen LogP contribution in [0.15, 0.2) is 22.7 Å². The summed E-state index contributed by atoms with van der Waals surface area (Å²) in [6, 6.07) is 7.02. The highest BCUT2D eigenvalue weighted by Crippen LogP contribution is 2.52. The van der Waals surface area contributed by atoms with Gasteiger partial charge in [-0.25, -0.2) is 0 Å². The third kappa shape index (κ3) is 0.986. The standard InChI is InChI=1S/C12H14BrN/c13-9-2-3-10-8(6-9)7-11(14)12(10)4-1-5-12/h2-3,6,11H,1,4-5,7,14H2. The Balaban J connectivity index is 2.13. The second kappa shape index (κ2) is 2.83. The van der Waals surface area contributed by atoms with Crippen LogP contribution in [0, 0.1) is 0 Å². The van der Waals surface area contributed by atoms with Gasteiger partial charge in [0.1, 0.15) is 0 Å². The van der Waals surface area contributed by atoms with E-state index in [-0.39, 0.29) is 0 Å². The summed E-state index contributed by atoms with van der Waals surface area (Å²) >= 11 is 3.52. The molecule has 1 aromatic carbocycles. The normalized spacial score (nSPS) is 27.4. The van der Waals surface area contributed by atoms with Crippen molar-refractivity contribution in [3.63, 3.8) is 0 Å². The van der Waals surface area contributed by atoms with Crippen LogP contribution in [0.2, 0.25) is 0 Å². The Labute approximate surface area is 92.8 Å². The van der Waals surface area contributed by atoms with Crippen LogP contribution in [0.3, 0.4) is 0 Å². The Hall–Kier alpha value is -0.340. The van der Waals surface area contributed by atoms with E-state index in [1.54, 1.807) is 0 Å². The molecule has 0 aliphatic heterocycles. The highest BCUT2D eigenvalue weighted by atomic mass is 79.9. The van der Waals surface area contributed by atoms with Crippen LogP contribution in [0.5, 0.6) is 0 Å². The van der Waals surface area contributed by atoms with Crippen LogP contribution in [0.4, 0.5) is 0 Å². The molecule has 2 N–H and O–H groups in total. The maximum atomic E-state index is 6.26. The molecule has 2 aliphatic carbocycles. The first-order chi connectivity index (χ1) is 6.72. The molecule has 3 rings (SSSR count). The Morgan fingerprint density at radius 1 is 1.36 bits per heavy atom. The Morgan fingerprint density at radius 3 is 2.79 bits per heavy atom. The second-order valence-electron chi connectivity index (χ2n) is 4.62. The summed E-state index contributed by atoms with van der Waals surface area (Å²) < 4.78 is 1.18. The third-order valence-electron chi connectivity index (χ3n) is 4.00. The number of rotatable bonds is 0. The van der Waals surface area contributed by atoms with Crippen LogP contribution in [0.1, 0.15) is 30.4 Å². The topological polar surface area (TPSA) is 26.0 Å². The Kier molecular flexibility index (Phi) is 1.80. The minimum absolute atomic E-state index is 0.357. The second-order valence-corrected chi connectivity index (χ2v) is 5.54. The monoisotopic (exact) mass is 251 g/mol. The van der Waals surface area contributed by atoms with Crippen LogP contribution in [0.25, 0.3) is 0 Å². The number of hydrogen-bond donors (Lipinski definition) is 1. The maximum Gasteiger partial charge on any atom is 0.0178 e. The van der Waals surface area contributed by atoms with Gasteiger partial charge in [-0.05, 0) is 42.5 Å². The van der Waals surface area contributed by atoms with Crippen LogP contribution < -0.4 is 5.73 Å². The van der Waals surface area contributed by atoms with E-state index < -0.39 is 0 Å². The van der Waals surface area contributed by atoms with Crippen LogP contribution >= 0.6 is 15.9 Å². The van der Waals surface area contributed by atoms with Gasteiger partial charge in [-0.3, -0.25) is 0 Å². The minimum atomic E-state index is 0.357. The summed E-state index contributed by atoms with van der Waals surface area (Å²) in [6.45, 7) is 0. The van der Waals surface area contributed by atoms with E-state index in [0.29, 0.717) is 11.5 Å². The van der Waals surface area contributed by atoms with Crippen molar-refractivity contribution in [1.82, 2.24) is 0 Å². The zero-order valence-electron chi connectivity index (χ0n) is 8.09. The highest BCUT2D eigenvalue weighted by molar-refractivity contribution is 9.10. The molecule has 0 radical (unpaired) electrons. The van der Waals surface area contributed by atoms with Crippen molar-refractivity contribution in [2.24, 2.45) is 5.73 Å². The van der Waals surface area contributed by atoms with Crippen molar-refractivity contribution in [2.45, 2.75) is 37.1 Å². The summed E-state index contributed by atoms with van der Waals surface area (Å²) in [6.07, 6.45) is 5.00. The van der Waals surface area contributed by atoms with Gasteiger partial charge in [0.25, 0.3) is 0 Å². The molecule has 1 spiro atoms. The molecule has 0 amide bonds. The molecule has 1 aromatic rings. The summed E-state index contributed by atoms with van der Waals surface area (Å²) in [4.78, 5) is 0. The van der Waals surface area contributed by atoms with E-state index in [0.717, 1.165) is 6.42 Å². The van der Waals surface area contributed by atoms with Crippen molar-refractivity contribution in [1.29, 1.82) is 0 Å². The van der Waals surface area contributed by atoms with Crippen LogP contribution in [-0.2, 0) is 11.8 Å². The van der Waals surface area contributed by atoms with Gasteiger partial charge in [0, 0.05) is 15.9 Å². The number of hydrogen-bond acceptors (Lipinski definition) is 1. The van der Waals surface area contributed by atoms with E-state index in [9.17, 15) is 0 Å². The molecule has 0 bridgehead atoms. The SMILES string of the molecule is NC1Cc2cc(Br)ccc2C12CCC2.